The van der Waals surface area contributed by atoms with Gasteiger partial charge < -0.3 is 40.3 Å². The van der Waals surface area contributed by atoms with E-state index in [9.17, 15) is 30.3 Å². The van der Waals surface area contributed by atoms with E-state index in [4.69, 9.17) is 9.47 Å². The number of unbranched alkanes of at least 4 members (excludes halogenated alkanes) is 26. The Morgan fingerprint density at radius 2 is 0.741 bits per heavy atom. The fourth-order valence-corrected chi connectivity index (χ4v) is 10.0. The van der Waals surface area contributed by atoms with Crippen LogP contribution in [-0.4, -0.2) is 87.5 Å². The lowest BCUT2D eigenvalue weighted by molar-refractivity contribution is -0.302. The summed E-state index contributed by atoms with van der Waals surface area (Å²) in [6.45, 7) is 3.65. The Morgan fingerprint density at radius 1 is 0.412 bits per heavy atom. The number of aliphatic hydroxyl groups excluding tert-OH is 5. The Hall–Kier alpha value is -3.93. The summed E-state index contributed by atoms with van der Waals surface area (Å²) in [5, 5.41) is 54.7. The molecule has 0 bridgehead atoms. The molecule has 1 heterocycles. The molecular formula is C76H127NO8. The molecule has 484 valence electrons. The minimum atomic E-state index is -1.58. The predicted octanol–water partition coefficient (Wildman–Crippen LogP) is 19.0. The largest absolute Gasteiger partial charge is 0.394 e. The highest BCUT2D eigenvalue weighted by atomic mass is 16.7. The van der Waals surface area contributed by atoms with E-state index >= 15 is 0 Å². The Bertz CT molecular complexity index is 1850. The van der Waals surface area contributed by atoms with Crippen LogP contribution in [0.5, 0.6) is 0 Å². The van der Waals surface area contributed by atoms with E-state index in [0.717, 1.165) is 109 Å². The molecule has 9 heteroatoms. The van der Waals surface area contributed by atoms with Gasteiger partial charge in [-0.3, -0.25) is 4.79 Å². The molecule has 1 fully saturated rings. The Balaban J connectivity index is 2.15. The number of nitrogens with one attached hydrogen (secondary N) is 1. The summed E-state index contributed by atoms with van der Waals surface area (Å²) in [4.78, 5) is 13.1. The van der Waals surface area contributed by atoms with Crippen molar-refractivity contribution in [1.82, 2.24) is 5.32 Å². The van der Waals surface area contributed by atoms with Crippen molar-refractivity contribution in [3.8, 4) is 0 Å². The predicted molar refractivity (Wildman–Crippen MR) is 363 cm³/mol. The van der Waals surface area contributed by atoms with Crippen molar-refractivity contribution in [2.24, 2.45) is 0 Å². The zero-order valence-corrected chi connectivity index (χ0v) is 54.1. The third kappa shape index (κ3) is 51.8. The molecular weight excluding hydrogens is 1050 g/mol. The highest BCUT2D eigenvalue weighted by molar-refractivity contribution is 5.76. The van der Waals surface area contributed by atoms with Crippen LogP contribution in [0.15, 0.2) is 146 Å². The molecule has 0 aromatic heterocycles. The molecule has 0 saturated carbocycles. The van der Waals surface area contributed by atoms with Crippen molar-refractivity contribution in [2.75, 3.05) is 13.2 Å². The first-order valence-corrected chi connectivity index (χ1v) is 34.6. The van der Waals surface area contributed by atoms with Crippen molar-refractivity contribution in [3.05, 3.63) is 146 Å². The number of carbonyl (C=O) groups is 1. The first-order valence-electron chi connectivity index (χ1n) is 34.6. The second-order valence-electron chi connectivity index (χ2n) is 23.2. The van der Waals surface area contributed by atoms with Gasteiger partial charge in [-0.25, -0.2) is 0 Å². The van der Waals surface area contributed by atoms with Gasteiger partial charge in [-0.15, -0.1) is 0 Å². The van der Waals surface area contributed by atoms with Gasteiger partial charge >= 0.3 is 0 Å². The summed E-state index contributed by atoms with van der Waals surface area (Å²) in [7, 11) is 0. The van der Waals surface area contributed by atoms with Gasteiger partial charge in [-0.1, -0.05) is 295 Å². The van der Waals surface area contributed by atoms with Crippen molar-refractivity contribution >= 4 is 5.91 Å². The Morgan fingerprint density at radius 3 is 1.13 bits per heavy atom. The minimum absolute atomic E-state index is 0.196. The molecule has 0 spiro atoms. The van der Waals surface area contributed by atoms with Crippen LogP contribution >= 0.6 is 0 Å². The number of rotatable bonds is 58. The van der Waals surface area contributed by atoms with E-state index in [0.29, 0.717) is 6.42 Å². The number of hydrogen-bond acceptors (Lipinski definition) is 8. The second-order valence-corrected chi connectivity index (χ2v) is 23.2. The molecule has 7 atom stereocenters. The number of carbonyl (C=O) groups excluding carboxylic acids is 1. The number of amides is 1. The molecule has 0 radical (unpaired) electrons. The number of hydrogen-bond donors (Lipinski definition) is 6. The number of allylic oxidation sites excluding steroid dienone is 23. The quantitative estimate of drug-likeness (QED) is 0.0261. The van der Waals surface area contributed by atoms with Crippen LogP contribution in [0.3, 0.4) is 0 Å². The van der Waals surface area contributed by atoms with Crippen molar-refractivity contribution < 1.29 is 39.8 Å². The first-order chi connectivity index (χ1) is 41.8. The van der Waals surface area contributed by atoms with Gasteiger partial charge in [-0.2, -0.15) is 0 Å². The molecule has 6 N–H and O–H groups in total. The number of aliphatic hydroxyl groups is 5. The third-order valence-corrected chi connectivity index (χ3v) is 15.4. The van der Waals surface area contributed by atoms with Crippen LogP contribution in [0.4, 0.5) is 0 Å². The van der Waals surface area contributed by atoms with Gasteiger partial charge in [0.1, 0.15) is 24.4 Å². The van der Waals surface area contributed by atoms with Crippen LogP contribution in [0.1, 0.15) is 271 Å². The summed E-state index contributed by atoms with van der Waals surface area (Å²) in [5.41, 5.74) is 0. The fraction of sp³-hybridized carbons (Fsp3) is 0.671. The van der Waals surface area contributed by atoms with Gasteiger partial charge in [0.05, 0.1) is 25.4 Å². The molecule has 1 aliphatic rings. The molecule has 0 aromatic rings. The zero-order valence-electron chi connectivity index (χ0n) is 54.1. The highest BCUT2D eigenvalue weighted by Gasteiger charge is 2.44. The average Bonchev–Trinajstić information content (AvgIpc) is 3.68. The lowest BCUT2D eigenvalue weighted by Gasteiger charge is -2.40. The van der Waals surface area contributed by atoms with E-state index < -0.39 is 49.5 Å². The van der Waals surface area contributed by atoms with Crippen LogP contribution in [0.2, 0.25) is 0 Å². The van der Waals surface area contributed by atoms with E-state index in [-0.39, 0.29) is 12.5 Å². The molecule has 0 aromatic carbocycles. The molecule has 1 amide bonds. The molecule has 1 saturated heterocycles. The summed E-state index contributed by atoms with van der Waals surface area (Å²) in [5.74, 6) is -0.196. The highest BCUT2D eigenvalue weighted by Crippen LogP contribution is 2.23. The molecule has 0 aliphatic carbocycles. The normalized spacial score (nSPS) is 19.1. The monoisotopic (exact) mass is 1180 g/mol. The standard InChI is InChI=1S/C76H127NO8/c1-3-5-7-9-11-13-15-17-19-21-23-25-26-27-28-29-30-31-32-33-34-35-36-37-38-39-40-41-42-43-44-46-48-50-52-54-56-58-60-62-64-66-72(80)77-69(68-84-76-75(83)74(82)73(81)71(67-78)85-76)70(79)65-63-61-59-57-55-53-51-49-47-45-24-22-20-18-16-14-12-10-8-6-4-2/h5,7,11,13,17,19,23,25,27-28,30-31,33-34,36-37,39-40,47,49,55,57,63,65,69-71,73-76,78-79,81-83H,3-4,6,8-10,12,14-16,18,20-22,24,26,29,32,35,38,41-46,48,50-54,56,58-62,64,66-68H2,1-2H3,(H,77,80)/b7-5-,13-11-,19-17-,25-23-,28-27-,31-30-,34-33-,37-36-,40-39-,49-47+,57-55+,65-63+. The van der Waals surface area contributed by atoms with E-state index in [1.807, 2.05) is 6.08 Å². The van der Waals surface area contributed by atoms with Gasteiger partial charge in [0.2, 0.25) is 5.91 Å². The van der Waals surface area contributed by atoms with Crippen molar-refractivity contribution in [1.29, 1.82) is 0 Å². The van der Waals surface area contributed by atoms with E-state index in [1.54, 1.807) is 6.08 Å². The lowest BCUT2D eigenvalue weighted by atomic mass is 9.99. The van der Waals surface area contributed by atoms with Gasteiger partial charge in [-0.05, 0) is 116 Å². The van der Waals surface area contributed by atoms with Gasteiger partial charge in [0.25, 0.3) is 0 Å². The molecule has 85 heavy (non-hydrogen) atoms. The number of ether oxygens (including phenoxy) is 2. The molecule has 7 unspecified atom stereocenters. The summed E-state index contributed by atoms with van der Waals surface area (Å²) >= 11 is 0. The molecule has 1 aliphatic heterocycles. The smallest absolute Gasteiger partial charge is 0.220 e. The maximum Gasteiger partial charge on any atom is 0.220 e. The Labute approximate surface area is 521 Å². The fourth-order valence-electron chi connectivity index (χ4n) is 10.0. The maximum atomic E-state index is 13.1. The minimum Gasteiger partial charge on any atom is -0.394 e. The summed E-state index contributed by atoms with van der Waals surface area (Å²) in [6, 6.07) is -0.839. The molecule has 9 nitrogen and oxygen atoms in total. The second kappa shape index (κ2) is 63.1. The summed E-state index contributed by atoms with van der Waals surface area (Å²) in [6.07, 6.45) is 90.8. The van der Waals surface area contributed by atoms with Crippen molar-refractivity contribution in [2.45, 2.75) is 314 Å². The third-order valence-electron chi connectivity index (χ3n) is 15.4. The van der Waals surface area contributed by atoms with Crippen LogP contribution in [0, 0.1) is 0 Å². The van der Waals surface area contributed by atoms with E-state index in [2.05, 4.69) is 153 Å². The first kappa shape index (κ1) is 79.1. The maximum absolute atomic E-state index is 13.1. The van der Waals surface area contributed by atoms with Gasteiger partial charge in [0.15, 0.2) is 6.29 Å². The SMILES string of the molecule is CC/C=C\C/C=C\C/C=C\C/C=C\C/C=C\C/C=C\C/C=C\C/C=C\C/C=C\CCCCCCCCCCCCCCCC(=O)NC(COC1OC(CO)C(O)C(O)C1O)C(O)/C=C/CC/C=C/CC/C=C/CCCCCCCCCCCCC. The van der Waals surface area contributed by atoms with Crippen molar-refractivity contribution in [3.63, 3.8) is 0 Å². The van der Waals surface area contributed by atoms with E-state index in [1.165, 1.54) is 141 Å². The Kier molecular flexibility index (Phi) is 58.7. The summed E-state index contributed by atoms with van der Waals surface area (Å²) < 4.78 is 11.3. The topological polar surface area (TPSA) is 149 Å². The lowest BCUT2D eigenvalue weighted by Crippen LogP contribution is -2.60. The average molecular weight is 1180 g/mol. The van der Waals surface area contributed by atoms with Gasteiger partial charge in [0, 0.05) is 6.42 Å². The van der Waals surface area contributed by atoms with Crippen LogP contribution in [0.25, 0.3) is 0 Å². The van der Waals surface area contributed by atoms with Crippen LogP contribution in [-0.2, 0) is 14.3 Å². The zero-order chi connectivity index (χ0) is 61.4. The molecule has 1 rings (SSSR count). The van der Waals surface area contributed by atoms with Crippen LogP contribution < -0.4 is 5.32 Å².